The Morgan fingerprint density at radius 3 is 2.76 bits per heavy atom. The minimum Gasteiger partial charge on any atom is -0.465 e. The lowest BCUT2D eigenvalue weighted by molar-refractivity contribution is 0.0601. The number of benzene rings is 1. The molecule has 0 aliphatic heterocycles. The van der Waals surface area contributed by atoms with Crippen LogP contribution in [0.4, 0.5) is 17.3 Å². The summed E-state index contributed by atoms with van der Waals surface area (Å²) in [4.78, 5) is 22.7. The van der Waals surface area contributed by atoms with Crippen molar-refractivity contribution in [2.24, 2.45) is 0 Å². The molecule has 0 atom stereocenters. The summed E-state index contributed by atoms with van der Waals surface area (Å²) in [6.07, 6.45) is 2.21. The number of hydrogen-bond donors (Lipinski definition) is 1. The molecule has 0 aliphatic carbocycles. The highest BCUT2D eigenvalue weighted by Crippen LogP contribution is 2.27. The quantitative estimate of drug-likeness (QED) is 0.744. The number of carbonyl (C=O) groups is 1. The number of unbranched alkanes of at least 4 members (excludes halogenated alkanes) is 1. The fraction of sp³-hybridized carbons (Fsp3) is 0.389. The summed E-state index contributed by atoms with van der Waals surface area (Å²) >= 11 is 6.24. The molecule has 0 saturated carbocycles. The summed E-state index contributed by atoms with van der Waals surface area (Å²) in [5, 5.41) is 3.66. The van der Waals surface area contributed by atoms with Gasteiger partial charge in [-0.05, 0) is 31.5 Å². The minimum absolute atomic E-state index is 0.417. The van der Waals surface area contributed by atoms with Gasteiger partial charge in [0.1, 0.15) is 17.5 Å². The lowest BCUT2D eigenvalue weighted by atomic mass is 10.2. The molecule has 0 saturated heterocycles. The molecule has 6 nitrogen and oxygen atoms in total. The van der Waals surface area contributed by atoms with Gasteiger partial charge in [0.05, 0.1) is 23.4 Å². The van der Waals surface area contributed by atoms with Gasteiger partial charge < -0.3 is 15.0 Å². The first-order valence-corrected chi connectivity index (χ1v) is 8.54. The van der Waals surface area contributed by atoms with Gasteiger partial charge in [-0.25, -0.2) is 14.8 Å². The molecule has 0 unspecified atom stereocenters. The van der Waals surface area contributed by atoms with Gasteiger partial charge in [-0.2, -0.15) is 0 Å². The molecule has 134 valence electrons. The highest BCUT2D eigenvalue weighted by molar-refractivity contribution is 6.33. The zero-order chi connectivity index (χ0) is 18.4. The van der Waals surface area contributed by atoms with E-state index in [2.05, 4.69) is 27.1 Å². The average Bonchev–Trinajstić information content (AvgIpc) is 2.60. The second-order valence-corrected chi connectivity index (χ2v) is 6.15. The second-order valence-electron chi connectivity index (χ2n) is 5.74. The van der Waals surface area contributed by atoms with Crippen molar-refractivity contribution in [2.75, 3.05) is 30.9 Å². The van der Waals surface area contributed by atoms with Crippen LogP contribution in [0.15, 0.2) is 24.3 Å². The normalized spacial score (nSPS) is 10.4. The van der Waals surface area contributed by atoms with E-state index in [0.717, 1.165) is 25.2 Å². The first-order chi connectivity index (χ1) is 11.9. The van der Waals surface area contributed by atoms with Crippen LogP contribution in [0.5, 0.6) is 0 Å². The molecular formula is C18H23ClN4O2. The Bertz CT molecular complexity index is 752. The number of esters is 1. The maximum atomic E-state index is 11.7. The maximum absolute atomic E-state index is 11.7. The van der Waals surface area contributed by atoms with Gasteiger partial charge in [-0.15, -0.1) is 0 Å². The number of aromatic nitrogens is 2. The number of halogens is 1. The van der Waals surface area contributed by atoms with Crippen molar-refractivity contribution >= 4 is 34.9 Å². The van der Waals surface area contributed by atoms with Gasteiger partial charge in [0.15, 0.2) is 0 Å². The van der Waals surface area contributed by atoms with Gasteiger partial charge >= 0.3 is 5.97 Å². The Morgan fingerprint density at radius 1 is 1.32 bits per heavy atom. The van der Waals surface area contributed by atoms with Crippen molar-refractivity contribution in [2.45, 2.75) is 26.7 Å². The summed E-state index contributed by atoms with van der Waals surface area (Å²) in [7, 11) is 3.35. The van der Waals surface area contributed by atoms with Crippen LogP contribution in [0.2, 0.25) is 5.02 Å². The molecule has 0 amide bonds. The van der Waals surface area contributed by atoms with E-state index in [4.69, 9.17) is 16.3 Å². The van der Waals surface area contributed by atoms with Crippen LogP contribution in [-0.2, 0) is 4.74 Å². The molecule has 0 spiro atoms. The molecule has 0 radical (unpaired) electrons. The molecule has 1 N–H and O–H groups in total. The molecule has 1 aromatic heterocycles. The largest absolute Gasteiger partial charge is 0.465 e. The van der Waals surface area contributed by atoms with E-state index in [1.807, 2.05) is 20.0 Å². The standard InChI is InChI=1S/C18H23ClN4O2/c1-5-6-9-23(3)17-11-16(20-12(2)21-17)22-15-10-13(18(24)25-4)7-8-14(15)19/h7-8,10-11H,5-6,9H2,1-4H3,(H,20,21,22). The average molecular weight is 363 g/mol. The van der Waals surface area contributed by atoms with Crippen LogP contribution in [-0.4, -0.2) is 36.6 Å². The summed E-state index contributed by atoms with van der Waals surface area (Å²) in [5.41, 5.74) is 1.00. The molecule has 0 aliphatic rings. The molecule has 7 heteroatoms. The smallest absolute Gasteiger partial charge is 0.337 e. The van der Waals surface area contributed by atoms with Crippen molar-refractivity contribution in [1.29, 1.82) is 0 Å². The lowest BCUT2D eigenvalue weighted by Gasteiger charge is -2.19. The minimum atomic E-state index is -0.418. The van der Waals surface area contributed by atoms with Crippen LogP contribution in [0.25, 0.3) is 0 Å². The molecule has 0 bridgehead atoms. The first-order valence-electron chi connectivity index (χ1n) is 8.16. The zero-order valence-corrected chi connectivity index (χ0v) is 15.7. The molecule has 0 fully saturated rings. The number of nitrogens with one attached hydrogen (secondary N) is 1. The van der Waals surface area contributed by atoms with Gasteiger partial charge in [0.25, 0.3) is 0 Å². The molecule has 25 heavy (non-hydrogen) atoms. The van der Waals surface area contributed by atoms with Gasteiger partial charge in [0.2, 0.25) is 0 Å². The Kier molecular flexibility index (Phi) is 6.58. The lowest BCUT2D eigenvalue weighted by Crippen LogP contribution is -2.20. The number of aryl methyl sites for hydroxylation is 1. The number of hydrogen-bond acceptors (Lipinski definition) is 6. The van der Waals surface area contributed by atoms with Gasteiger partial charge in [-0.3, -0.25) is 0 Å². The van der Waals surface area contributed by atoms with Crippen LogP contribution in [0.3, 0.4) is 0 Å². The van der Waals surface area contributed by atoms with Crippen LogP contribution >= 0.6 is 11.6 Å². The number of methoxy groups -OCH3 is 1. The topological polar surface area (TPSA) is 67.4 Å². The summed E-state index contributed by atoms with van der Waals surface area (Å²) < 4.78 is 4.75. The fourth-order valence-corrected chi connectivity index (χ4v) is 2.49. The van der Waals surface area contributed by atoms with Crippen LogP contribution in [0, 0.1) is 6.92 Å². The van der Waals surface area contributed by atoms with E-state index in [1.165, 1.54) is 7.11 Å². The third-order valence-corrected chi connectivity index (χ3v) is 4.04. The SMILES string of the molecule is CCCCN(C)c1cc(Nc2cc(C(=O)OC)ccc2Cl)nc(C)n1. The van der Waals surface area contributed by atoms with Crippen molar-refractivity contribution < 1.29 is 9.53 Å². The maximum Gasteiger partial charge on any atom is 0.337 e. The Labute approximate surface area is 153 Å². The van der Waals surface area contributed by atoms with Crippen molar-refractivity contribution in [3.8, 4) is 0 Å². The first kappa shape index (κ1) is 19.0. The zero-order valence-electron chi connectivity index (χ0n) is 15.0. The molecule has 1 aromatic carbocycles. The molecule has 1 heterocycles. The highest BCUT2D eigenvalue weighted by atomic mass is 35.5. The second kappa shape index (κ2) is 8.67. The predicted octanol–water partition coefficient (Wildman–Crippen LogP) is 4.20. The summed E-state index contributed by atoms with van der Waals surface area (Å²) in [5.74, 6) is 1.70. The molecule has 2 aromatic rings. The molecule has 2 rings (SSSR count). The highest BCUT2D eigenvalue weighted by Gasteiger charge is 2.11. The Hall–Kier alpha value is -2.34. The van der Waals surface area contributed by atoms with Gasteiger partial charge in [0, 0.05) is 19.7 Å². The van der Waals surface area contributed by atoms with E-state index in [-0.39, 0.29) is 0 Å². The van der Waals surface area contributed by atoms with Crippen molar-refractivity contribution in [3.63, 3.8) is 0 Å². The predicted molar refractivity (Wildman–Crippen MR) is 101 cm³/mol. The summed E-state index contributed by atoms with van der Waals surface area (Å²) in [6.45, 7) is 4.92. The van der Waals surface area contributed by atoms with Crippen molar-refractivity contribution in [3.05, 3.63) is 40.7 Å². The van der Waals surface area contributed by atoms with E-state index in [1.54, 1.807) is 18.2 Å². The number of nitrogens with zero attached hydrogens (tertiary/aromatic N) is 3. The Morgan fingerprint density at radius 2 is 2.08 bits per heavy atom. The number of ether oxygens (including phenoxy) is 1. The monoisotopic (exact) mass is 362 g/mol. The number of carbonyl (C=O) groups excluding carboxylic acids is 1. The van der Waals surface area contributed by atoms with Gasteiger partial charge in [-0.1, -0.05) is 24.9 Å². The van der Waals surface area contributed by atoms with Crippen LogP contribution < -0.4 is 10.2 Å². The third-order valence-electron chi connectivity index (χ3n) is 3.71. The van der Waals surface area contributed by atoms with Crippen molar-refractivity contribution in [1.82, 2.24) is 9.97 Å². The molecular weight excluding hydrogens is 340 g/mol. The summed E-state index contributed by atoms with van der Waals surface area (Å²) in [6, 6.07) is 6.78. The Balaban J connectivity index is 2.28. The number of anilines is 3. The van der Waals surface area contributed by atoms with Crippen LogP contribution in [0.1, 0.15) is 35.9 Å². The number of rotatable bonds is 7. The van der Waals surface area contributed by atoms with E-state index < -0.39 is 5.97 Å². The van der Waals surface area contributed by atoms with E-state index >= 15 is 0 Å². The van der Waals surface area contributed by atoms with E-state index in [9.17, 15) is 4.79 Å². The third kappa shape index (κ3) is 5.06. The van der Waals surface area contributed by atoms with E-state index in [0.29, 0.717) is 27.9 Å². The fourth-order valence-electron chi connectivity index (χ4n) is 2.33.